The minimum atomic E-state index is -0.585. The smallest absolute Gasteiger partial charge is 0.107 e. The summed E-state index contributed by atoms with van der Waals surface area (Å²) >= 11 is 0. The molecule has 1 N–H and O–H groups in total. The lowest BCUT2D eigenvalue weighted by Gasteiger charge is -2.61. The Hall–Kier alpha value is -0.760. The van der Waals surface area contributed by atoms with Gasteiger partial charge < -0.3 is 9.52 Å². The first-order chi connectivity index (χ1) is 10.2. The molecule has 0 radical (unpaired) electrons. The summed E-state index contributed by atoms with van der Waals surface area (Å²) in [7, 11) is 0. The van der Waals surface area contributed by atoms with Crippen LogP contribution in [0.5, 0.6) is 0 Å². The average molecular weight is 304 g/mol. The quantitative estimate of drug-likeness (QED) is 0.822. The van der Waals surface area contributed by atoms with E-state index in [4.69, 9.17) is 4.42 Å². The molecule has 0 saturated heterocycles. The fourth-order valence-electron chi connectivity index (χ4n) is 5.88. The average Bonchev–Trinajstić information content (AvgIpc) is 2.78. The van der Waals surface area contributed by atoms with E-state index in [1.54, 1.807) is 6.26 Å². The second-order valence-corrected chi connectivity index (χ2v) is 9.08. The molecule has 0 spiro atoms. The Morgan fingerprint density at radius 1 is 1.18 bits per heavy atom. The van der Waals surface area contributed by atoms with Crippen LogP contribution in [-0.2, 0) is 6.42 Å². The number of fused-ring (bicyclic) bond motifs is 1. The highest BCUT2D eigenvalue weighted by Gasteiger charge is 2.57. The largest absolute Gasteiger partial charge is 0.469 e. The lowest BCUT2D eigenvalue weighted by atomic mass is 9.45. The molecule has 0 amide bonds. The number of rotatable bonds is 2. The lowest BCUT2D eigenvalue weighted by molar-refractivity contribution is -0.167. The monoisotopic (exact) mass is 304 g/mol. The van der Waals surface area contributed by atoms with Crippen molar-refractivity contribution in [3.63, 3.8) is 0 Å². The van der Waals surface area contributed by atoms with Gasteiger partial charge in [0, 0.05) is 12.3 Å². The van der Waals surface area contributed by atoms with Crippen molar-refractivity contribution >= 4 is 0 Å². The molecule has 2 heteroatoms. The van der Waals surface area contributed by atoms with Gasteiger partial charge >= 0.3 is 0 Å². The molecule has 0 aromatic carbocycles. The summed E-state index contributed by atoms with van der Waals surface area (Å²) in [5, 5.41) is 11.2. The maximum absolute atomic E-state index is 11.2. The maximum Gasteiger partial charge on any atom is 0.107 e. The maximum atomic E-state index is 11.2. The number of aryl methyl sites for hydroxylation is 1. The summed E-state index contributed by atoms with van der Waals surface area (Å²) in [5.74, 6) is 2.05. The summed E-state index contributed by atoms with van der Waals surface area (Å²) < 4.78 is 5.73. The summed E-state index contributed by atoms with van der Waals surface area (Å²) in [6, 6.07) is 2.04. The van der Waals surface area contributed by atoms with Crippen LogP contribution in [-0.4, -0.2) is 10.7 Å². The first-order valence-corrected chi connectivity index (χ1v) is 8.92. The first kappa shape index (κ1) is 16.1. The Balaban J connectivity index is 1.98. The molecule has 1 heterocycles. The Morgan fingerprint density at radius 3 is 2.55 bits per heavy atom. The Morgan fingerprint density at radius 2 is 1.91 bits per heavy atom. The highest BCUT2D eigenvalue weighted by Crippen LogP contribution is 2.62. The van der Waals surface area contributed by atoms with E-state index in [9.17, 15) is 5.11 Å². The van der Waals surface area contributed by atoms with Crippen LogP contribution in [0.4, 0.5) is 0 Å². The normalized spacial score (nSPS) is 41.2. The first-order valence-electron chi connectivity index (χ1n) is 8.92. The molecule has 1 aromatic rings. The third-order valence-corrected chi connectivity index (χ3v) is 7.12. The third kappa shape index (κ3) is 2.44. The van der Waals surface area contributed by atoms with Crippen LogP contribution in [0.1, 0.15) is 71.1 Å². The molecule has 1 aromatic heterocycles. The second-order valence-electron chi connectivity index (χ2n) is 9.08. The van der Waals surface area contributed by atoms with Crippen molar-refractivity contribution in [3.05, 3.63) is 23.7 Å². The molecule has 2 fully saturated rings. The van der Waals surface area contributed by atoms with Crippen molar-refractivity contribution in [2.45, 2.75) is 78.7 Å². The van der Waals surface area contributed by atoms with Gasteiger partial charge in [-0.05, 0) is 67.9 Å². The Labute approximate surface area is 135 Å². The molecular weight excluding hydrogens is 272 g/mol. The topological polar surface area (TPSA) is 33.4 Å². The van der Waals surface area contributed by atoms with Crippen molar-refractivity contribution in [2.75, 3.05) is 0 Å². The molecule has 22 heavy (non-hydrogen) atoms. The standard InChI is InChI=1S/C20H32O2/c1-14-8-12-22-15(14)13-17-19(4)10-6-9-18(2,3)16(19)7-11-20(17,5)21/h8,12,16-17,21H,6-7,9-11,13H2,1-5H3. The van der Waals surface area contributed by atoms with E-state index in [1.807, 2.05) is 6.07 Å². The van der Waals surface area contributed by atoms with Crippen molar-refractivity contribution in [1.82, 2.24) is 0 Å². The van der Waals surface area contributed by atoms with Gasteiger partial charge in [0.1, 0.15) is 5.76 Å². The van der Waals surface area contributed by atoms with Gasteiger partial charge in [0.25, 0.3) is 0 Å². The van der Waals surface area contributed by atoms with Crippen molar-refractivity contribution in [2.24, 2.45) is 22.7 Å². The van der Waals surface area contributed by atoms with E-state index in [-0.39, 0.29) is 11.3 Å². The highest BCUT2D eigenvalue weighted by atomic mass is 16.3. The predicted octanol–water partition coefficient (Wildman–Crippen LogP) is 5.12. The minimum Gasteiger partial charge on any atom is -0.469 e. The zero-order chi connectivity index (χ0) is 16.2. The fraction of sp³-hybridized carbons (Fsp3) is 0.800. The van der Waals surface area contributed by atoms with E-state index in [0.29, 0.717) is 11.3 Å². The molecule has 2 saturated carbocycles. The van der Waals surface area contributed by atoms with Gasteiger partial charge in [0.2, 0.25) is 0 Å². The molecule has 3 rings (SSSR count). The Kier molecular flexibility index (Phi) is 3.75. The third-order valence-electron chi connectivity index (χ3n) is 7.12. The molecular formula is C20H32O2. The summed E-state index contributed by atoms with van der Waals surface area (Å²) in [4.78, 5) is 0. The molecule has 0 bridgehead atoms. The van der Waals surface area contributed by atoms with Crippen LogP contribution in [0.2, 0.25) is 0 Å². The second kappa shape index (κ2) is 5.12. The zero-order valence-electron chi connectivity index (χ0n) is 14.9. The van der Waals surface area contributed by atoms with Gasteiger partial charge in [0.05, 0.1) is 11.9 Å². The molecule has 0 aliphatic heterocycles. The lowest BCUT2D eigenvalue weighted by Crippen LogP contribution is -2.58. The van der Waals surface area contributed by atoms with E-state index in [0.717, 1.165) is 25.0 Å². The number of furan rings is 1. The van der Waals surface area contributed by atoms with Crippen molar-refractivity contribution in [3.8, 4) is 0 Å². The molecule has 2 aliphatic carbocycles. The van der Waals surface area contributed by atoms with E-state index >= 15 is 0 Å². The van der Waals surface area contributed by atoms with Crippen LogP contribution in [0.25, 0.3) is 0 Å². The minimum absolute atomic E-state index is 0.211. The fourth-order valence-corrected chi connectivity index (χ4v) is 5.88. The van der Waals surface area contributed by atoms with Crippen LogP contribution < -0.4 is 0 Å². The number of hydrogen-bond acceptors (Lipinski definition) is 2. The van der Waals surface area contributed by atoms with Gasteiger partial charge in [-0.2, -0.15) is 0 Å². The van der Waals surface area contributed by atoms with Gasteiger partial charge in [-0.1, -0.05) is 27.2 Å². The summed E-state index contributed by atoms with van der Waals surface area (Å²) in [5.41, 5.74) is 1.23. The van der Waals surface area contributed by atoms with Crippen LogP contribution in [0.15, 0.2) is 16.7 Å². The van der Waals surface area contributed by atoms with Gasteiger partial charge in [-0.25, -0.2) is 0 Å². The van der Waals surface area contributed by atoms with Gasteiger partial charge in [0.15, 0.2) is 0 Å². The SMILES string of the molecule is Cc1ccoc1CC1C(C)(O)CCC2C(C)(C)CCCC21C. The van der Waals surface area contributed by atoms with E-state index in [2.05, 4.69) is 34.6 Å². The molecule has 2 aliphatic rings. The van der Waals surface area contributed by atoms with Gasteiger partial charge in [-0.3, -0.25) is 0 Å². The Bertz CT molecular complexity index is 540. The summed E-state index contributed by atoms with van der Waals surface area (Å²) in [6.45, 7) is 11.5. The molecule has 4 atom stereocenters. The molecule has 2 nitrogen and oxygen atoms in total. The zero-order valence-corrected chi connectivity index (χ0v) is 14.9. The predicted molar refractivity (Wildman–Crippen MR) is 89.7 cm³/mol. The van der Waals surface area contributed by atoms with Gasteiger partial charge in [-0.15, -0.1) is 0 Å². The summed E-state index contributed by atoms with van der Waals surface area (Å²) in [6.07, 6.45) is 8.57. The van der Waals surface area contributed by atoms with E-state index < -0.39 is 5.60 Å². The number of hydrogen-bond donors (Lipinski definition) is 1. The van der Waals surface area contributed by atoms with Crippen LogP contribution in [0, 0.1) is 29.6 Å². The highest BCUT2D eigenvalue weighted by molar-refractivity contribution is 5.18. The van der Waals surface area contributed by atoms with Crippen LogP contribution in [0.3, 0.4) is 0 Å². The van der Waals surface area contributed by atoms with Crippen LogP contribution >= 0.6 is 0 Å². The van der Waals surface area contributed by atoms with E-state index in [1.165, 1.54) is 24.8 Å². The van der Waals surface area contributed by atoms with Crippen molar-refractivity contribution in [1.29, 1.82) is 0 Å². The molecule has 124 valence electrons. The number of aliphatic hydroxyl groups is 1. The van der Waals surface area contributed by atoms with Crippen molar-refractivity contribution < 1.29 is 9.52 Å². The molecule has 4 unspecified atom stereocenters.